The molecule has 0 aromatic heterocycles. The maximum absolute atomic E-state index is 13.6. The Kier molecular flexibility index (Phi) is 6.68. The smallest absolute Gasteiger partial charge is 0.339 e. The van der Waals surface area contributed by atoms with Gasteiger partial charge >= 0.3 is 10.1 Å². The summed E-state index contributed by atoms with van der Waals surface area (Å²) >= 11 is 9.42. The van der Waals surface area contributed by atoms with Crippen molar-refractivity contribution in [3.63, 3.8) is 0 Å². The lowest BCUT2D eigenvalue weighted by Crippen LogP contribution is -2.37. The van der Waals surface area contributed by atoms with E-state index in [-0.39, 0.29) is 33.0 Å². The number of halogens is 2. The second kappa shape index (κ2) is 9.35. The molecule has 0 amide bonds. The Balaban J connectivity index is 1.70. The van der Waals surface area contributed by atoms with Crippen molar-refractivity contribution < 1.29 is 26.9 Å². The molecule has 3 aliphatic rings. The van der Waals surface area contributed by atoms with Crippen molar-refractivity contribution in [3.8, 4) is 5.75 Å². The molecule has 0 fully saturated rings. The minimum Gasteiger partial charge on any atom is -0.465 e. The molecule has 0 spiro atoms. The molecule has 0 bridgehead atoms. The highest BCUT2D eigenvalue weighted by atomic mass is 79.9. The van der Waals surface area contributed by atoms with Gasteiger partial charge < -0.3 is 8.92 Å². The average Bonchev–Trinajstić information content (AvgIpc) is 2.77. The summed E-state index contributed by atoms with van der Waals surface area (Å²) in [7, 11) is -4.23. The largest absolute Gasteiger partial charge is 0.465 e. The van der Waals surface area contributed by atoms with Gasteiger partial charge in [-0.2, -0.15) is 8.42 Å². The van der Waals surface area contributed by atoms with Crippen LogP contribution >= 0.6 is 27.5 Å². The Morgan fingerprint density at radius 3 is 1.92 bits per heavy atom. The number of hydrogen-bond donors (Lipinski definition) is 0. The summed E-state index contributed by atoms with van der Waals surface area (Å²) in [6.07, 6.45) is 1.65. The first-order valence-electron chi connectivity index (χ1n) is 12.4. The fourth-order valence-electron chi connectivity index (χ4n) is 5.57. The van der Waals surface area contributed by atoms with Gasteiger partial charge in [-0.15, -0.1) is 0 Å². The van der Waals surface area contributed by atoms with Crippen LogP contribution in [0.5, 0.6) is 5.75 Å². The Labute approximate surface area is 236 Å². The van der Waals surface area contributed by atoms with Crippen LogP contribution in [-0.4, -0.2) is 20.0 Å². The molecule has 5 rings (SSSR count). The summed E-state index contributed by atoms with van der Waals surface area (Å²) in [5.74, 6) is 0.116. The molecule has 0 atom stereocenters. The summed E-state index contributed by atoms with van der Waals surface area (Å²) in [4.78, 5) is 27.2. The van der Waals surface area contributed by atoms with Gasteiger partial charge in [0.15, 0.2) is 11.6 Å². The minimum absolute atomic E-state index is 0.0454. The van der Waals surface area contributed by atoms with Crippen LogP contribution in [0.4, 0.5) is 0 Å². The first-order chi connectivity index (χ1) is 17.7. The number of carbonyl (C=O) groups excluding carboxylic acids is 2. The van der Waals surface area contributed by atoms with Crippen molar-refractivity contribution in [3.05, 3.63) is 80.2 Å². The average molecular weight is 620 g/mol. The number of allylic oxidation sites excluding steroid dienone is 4. The summed E-state index contributed by atoms with van der Waals surface area (Å²) < 4.78 is 39.2. The number of ketones is 2. The van der Waals surface area contributed by atoms with E-state index in [1.54, 1.807) is 12.1 Å². The van der Waals surface area contributed by atoms with Gasteiger partial charge in [0.05, 0.1) is 5.92 Å². The van der Waals surface area contributed by atoms with E-state index in [4.69, 9.17) is 20.5 Å². The van der Waals surface area contributed by atoms with Crippen LogP contribution in [-0.2, 0) is 24.4 Å². The van der Waals surface area contributed by atoms with E-state index in [1.807, 2.05) is 27.7 Å². The molecule has 2 aromatic rings. The maximum Gasteiger partial charge on any atom is 0.339 e. The maximum atomic E-state index is 13.6. The second-order valence-electron chi connectivity index (χ2n) is 11.8. The molecule has 1 heterocycles. The summed E-state index contributed by atoms with van der Waals surface area (Å²) in [6.45, 7) is 8.05. The van der Waals surface area contributed by atoms with Gasteiger partial charge in [-0.05, 0) is 53.3 Å². The quantitative estimate of drug-likeness (QED) is 0.335. The van der Waals surface area contributed by atoms with Crippen LogP contribution in [0.2, 0.25) is 5.02 Å². The summed E-state index contributed by atoms with van der Waals surface area (Å²) in [5.41, 5.74) is 0.620. The van der Waals surface area contributed by atoms with Crippen LogP contribution in [0.3, 0.4) is 0 Å². The molecule has 1 aliphatic heterocycles. The number of Topliss-reactive ketones (excluding diaryl/α,β-unsaturated/α-hetero) is 2. The molecule has 0 saturated carbocycles. The Morgan fingerprint density at radius 2 is 1.39 bits per heavy atom. The first kappa shape index (κ1) is 27.2. The van der Waals surface area contributed by atoms with Gasteiger partial charge in [0, 0.05) is 51.9 Å². The van der Waals surface area contributed by atoms with E-state index >= 15 is 0 Å². The van der Waals surface area contributed by atoms with Crippen molar-refractivity contribution >= 4 is 49.2 Å². The highest BCUT2D eigenvalue weighted by Gasteiger charge is 2.48. The highest BCUT2D eigenvalue weighted by Crippen LogP contribution is 2.54. The van der Waals surface area contributed by atoms with E-state index < -0.39 is 16.0 Å². The van der Waals surface area contributed by atoms with Gasteiger partial charge in [0.25, 0.3) is 0 Å². The molecule has 2 aromatic carbocycles. The lowest BCUT2D eigenvalue weighted by atomic mass is 9.65. The predicted molar refractivity (Wildman–Crippen MR) is 147 cm³/mol. The topological polar surface area (TPSA) is 86.7 Å². The number of ether oxygens (including phenoxy) is 1. The molecule has 6 nitrogen and oxygen atoms in total. The van der Waals surface area contributed by atoms with Gasteiger partial charge in [0.1, 0.15) is 22.2 Å². The van der Waals surface area contributed by atoms with Crippen molar-refractivity contribution in [1.82, 2.24) is 0 Å². The molecule has 200 valence electrons. The van der Waals surface area contributed by atoms with Gasteiger partial charge in [-0.25, -0.2) is 0 Å². The van der Waals surface area contributed by atoms with Crippen LogP contribution in [0.1, 0.15) is 64.9 Å². The van der Waals surface area contributed by atoms with Crippen LogP contribution in [0.25, 0.3) is 0 Å². The van der Waals surface area contributed by atoms with Crippen LogP contribution in [0.15, 0.2) is 74.5 Å². The summed E-state index contributed by atoms with van der Waals surface area (Å²) in [6, 6.07) is 10.6. The summed E-state index contributed by atoms with van der Waals surface area (Å²) in [5, 5.41) is 0.395. The van der Waals surface area contributed by atoms with Gasteiger partial charge in [-0.1, -0.05) is 55.2 Å². The molecule has 0 saturated heterocycles. The second-order valence-corrected chi connectivity index (χ2v) is 14.7. The van der Waals surface area contributed by atoms with E-state index in [2.05, 4.69) is 15.9 Å². The standard InChI is InChI=1S/C29H28BrClO6S/c1-28(2)12-20(32)26-23(14-28)36-24-15-29(3,4)13-21(33)27(24)25(26)19-11-16(30)5-10-22(19)37-38(34,35)18-8-6-17(31)7-9-18/h5-11,25H,12-15H2,1-4H3. The van der Waals surface area contributed by atoms with Crippen molar-refractivity contribution in [2.24, 2.45) is 10.8 Å². The van der Waals surface area contributed by atoms with Gasteiger partial charge in [0.2, 0.25) is 0 Å². The molecule has 9 heteroatoms. The molecule has 0 radical (unpaired) electrons. The highest BCUT2D eigenvalue weighted by molar-refractivity contribution is 9.10. The zero-order chi connectivity index (χ0) is 27.6. The molecular weight excluding hydrogens is 592 g/mol. The fourth-order valence-corrected chi connectivity index (χ4v) is 7.03. The third kappa shape index (κ3) is 5.10. The van der Waals surface area contributed by atoms with E-state index in [0.717, 1.165) is 0 Å². The zero-order valence-electron chi connectivity index (χ0n) is 21.6. The zero-order valence-corrected chi connectivity index (χ0v) is 24.7. The normalized spacial score (nSPS) is 21.1. The van der Waals surface area contributed by atoms with E-state index in [1.165, 1.54) is 30.3 Å². The minimum atomic E-state index is -4.23. The fraction of sp³-hybridized carbons (Fsp3) is 0.379. The Morgan fingerprint density at radius 1 is 0.868 bits per heavy atom. The SMILES string of the molecule is CC1(C)CC(=O)C2=C(C1)OC1=C(C(=O)CC(C)(C)C1)C2c1cc(Br)ccc1OS(=O)(=O)c1ccc(Cl)cc1. The Bertz CT molecular complexity index is 1480. The third-order valence-corrected chi connectivity index (χ3v) is 9.16. The molecule has 2 aliphatic carbocycles. The lowest BCUT2D eigenvalue weighted by Gasteiger charge is -2.42. The van der Waals surface area contributed by atoms with Crippen molar-refractivity contribution in [2.75, 3.05) is 0 Å². The third-order valence-electron chi connectivity index (χ3n) is 7.17. The molecule has 0 N–H and O–H groups in total. The first-order valence-corrected chi connectivity index (χ1v) is 14.9. The number of benzene rings is 2. The number of rotatable bonds is 4. The molecular formula is C29H28BrClO6S. The lowest BCUT2D eigenvalue weighted by molar-refractivity contribution is -0.120. The van der Waals surface area contributed by atoms with Crippen molar-refractivity contribution in [1.29, 1.82) is 0 Å². The number of carbonyl (C=O) groups is 2. The molecule has 0 unspecified atom stereocenters. The monoisotopic (exact) mass is 618 g/mol. The van der Waals surface area contributed by atoms with Crippen molar-refractivity contribution in [2.45, 2.75) is 64.2 Å². The van der Waals surface area contributed by atoms with Crippen LogP contribution in [0, 0.1) is 10.8 Å². The number of hydrogen-bond acceptors (Lipinski definition) is 6. The van der Waals surface area contributed by atoms with Gasteiger partial charge in [-0.3, -0.25) is 9.59 Å². The van der Waals surface area contributed by atoms with E-state index in [9.17, 15) is 18.0 Å². The van der Waals surface area contributed by atoms with Crippen LogP contribution < -0.4 is 4.18 Å². The van der Waals surface area contributed by atoms with E-state index in [0.29, 0.717) is 63.4 Å². The Hall–Kier alpha value is -2.42. The molecule has 38 heavy (non-hydrogen) atoms. The predicted octanol–water partition coefficient (Wildman–Crippen LogP) is 7.27.